The van der Waals surface area contributed by atoms with Crippen molar-refractivity contribution < 1.29 is 14.7 Å². The number of ether oxygens (including phenoxy) is 2. The molecule has 1 atom stereocenters. The van der Waals surface area contributed by atoms with Gasteiger partial charge in [0, 0.05) is 13.3 Å². The lowest BCUT2D eigenvalue weighted by Gasteiger charge is -2.15. The van der Waals surface area contributed by atoms with Gasteiger partial charge in [0.05, 0.1) is 18.2 Å². The SMILES string of the molecule is COCC(C)N=C(NO)c1cccnc1Oc1ccc(C)c2c1CCC2. The molecule has 1 aromatic heterocycles. The van der Waals surface area contributed by atoms with Crippen LogP contribution in [0.15, 0.2) is 35.5 Å². The summed E-state index contributed by atoms with van der Waals surface area (Å²) in [5.41, 5.74) is 6.71. The molecule has 0 saturated heterocycles. The number of benzene rings is 1. The number of rotatable bonds is 6. The lowest BCUT2D eigenvalue weighted by Crippen LogP contribution is -2.24. The fraction of sp³-hybridized carbons (Fsp3) is 0.400. The summed E-state index contributed by atoms with van der Waals surface area (Å²) >= 11 is 0. The van der Waals surface area contributed by atoms with E-state index in [0.717, 1.165) is 25.0 Å². The van der Waals surface area contributed by atoms with Crippen molar-refractivity contribution in [1.29, 1.82) is 0 Å². The molecule has 1 heterocycles. The Hall–Kier alpha value is -2.44. The van der Waals surface area contributed by atoms with Crippen LogP contribution in [0.4, 0.5) is 0 Å². The van der Waals surface area contributed by atoms with E-state index in [0.29, 0.717) is 23.9 Å². The maximum atomic E-state index is 9.57. The van der Waals surface area contributed by atoms with E-state index in [4.69, 9.17) is 9.47 Å². The first kappa shape index (κ1) is 18.4. The third kappa shape index (κ3) is 3.86. The van der Waals surface area contributed by atoms with Crippen molar-refractivity contribution in [2.24, 2.45) is 4.99 Å². The fourth-order valence-corrected chi connectivity index (χ4v) is 3.36. The van der Waals surface area contributed by atoms with Gasteiger partial charge in [-0.2, -0.15) is 0 Å². The number of nitrogens with one attached hydrogen (secondary N) is 1. The Morgan fingerprint density at radius 2 is 2.12 bits per heavy atom. The number of methoxy groups -OCH3 is 1. The number of fused-ring (bicyclic) bond motifs is 1. The molecule has 1 aliphatic carbocycles. The second-order valence-electron chi connectivity index (χ2n) is 6.54. The number of hydroxylamine groups is 1. The van der Waals surface area contributed by atoms with E-state index in [2.05, 4.69) is 28.4 Å². The summed E-state index contributed by atoms with van der Waals surface area (Å²) in [5, 5.41) is 9.57. The number of aliphatic imine (C=N–C) groups is 1. The van der Waals surface area contributed by atoms with Gasteiger partial charge in [-0.15, -0.1) is 0 Å². The first-order chi connectivity index (χ1) is 12.6. The zero-order valence-corrected chi connectivity index (χ0v) is 15.5. The molecule has 6 nitrogen and oxygen atoms in total. The van der Waals surface area contributed by atoms with Gasteiger partial charge in [-0.05, 0) is 68.0 Å². The van der Waals surface area contributed by atoms with E-state index >= 15 is 0 Å². The van der Waals surface area contributed by atoms with Crippen molar-refractivity contribution in [3.8, 4) is 11.6 Å². The second kappa shape index (κ2) is 8.29. The first-order valence-corrected chi connectivity index (χ1v) is 8.85. The van der Waals surface area contributed by atoms with Gasteiger partial charge < -0.3 is 9.47 Å². The number of hydrogen-bond acceptors (Lipinski definition) is 5. The normalized spacial score (nSPS) is 14.8. The molecular formula is C20H25N3O3. The predicted octanol–water partition coefficient (Wildman–Crippen LogP) is 3.43. The van der Waals surface area contributed by atoms with Crippen LogP contribution >= 0.6 is 0 Å². The topological polar surface area (TPSA) is 76.0 Å². The highest BCUT2D eigenvalue weighted by molar-refractivity contribution is 6.00. The van der Waals surface area contributed by atoms with Gasteiger partial charge in [-0.1, -0.05) is 6.07 Å². The minimum atomic E-state index is -0.119. The molecule has 0 amide bonds. The quantitative estimate of drug-likeness (QED) is 0.472. The molecule has 0 aliphatic heterocycles. The summed E-state index contributed by atoms with van der Waals surface area (Å²) in [6.07, 6.45) is 4.91. The summed E-state index contributed by atoms with van der Waals surface area (Å²) in [7, 11) is 1.62. The average molecular weight is 355 g/mol. The van der Waals surface area contributed by atoms with E-state index < -0.39 is 0 Å². The largest absolute Gasteiger partial charge is 0.438 e. The van der Waals surface area contributed by atoms with E-state index in [-0.39, 0.29) is 6.04 Å². The van der Waals surface area contributed by atoms with Gasteiger partial charge in [0.1, 0.15) is 5.75 Å². The molecule has 2 aromatic rings. The van der Waals surface area contributed by atoms with Gasteiger partial charge >= 0.3 is 0 Å². The number of aromatic nitrogens is 1. The zero-order chi connectivity index (χ0) is 18.5. The van der Waals surface area contributed by atoms with Crippen LogP contribution in [0, 0.1) is 6.92 Å². The summed E-state index contributed by atoms with van der Waals surface area (Å²) in [6, 6.07) is 7.57. The van der Waals surface area contributed by atoms with Gasteiger partial charge in [-0.25, -0.2) is 4.98 Å². The highest BCUT2D eigenvalue weighted by Gasteiger charge is 2.20. The van der Waals surface area contributed by atoms with Crippen LogP contribution in [0.2, 0.25) is 0 Å². The van der Waals surface area contributed by atoms with Crippen LogP contribution in [0.25, 0.3) is 0 Å². The maximum Gasteiger partial charge on any atom is 0.230 e. The molecule has 3 rings (SSSR count). The molecule has 0 fully saturated rings. The van der Waals surface area contributed by atoms with Gasteiger partial charge in [-0.3, -0.25) is 15.7 Å². The van der Waals surface area contributed by atoms with Crippen molar-refractivity contribution in [3.63, 3.8) is 0 Å². The lowest BCUT2D eigenvalue weighted by molar-refractivity contribution is 0.184. The molecule has 26 heavy (non-hydrogen) atoms. The van der Waals surface area contributed by atoms with Crippen molar-refractivity contribution in [1.82, 2.24) is 10.5 Å². The van der Waals surface area contributed by atoms with Gasteiger partial charge in [0.25, 0.3) is 0 Å². The van der Waals surface area contributed by atoms with Crippen LogP contribution in [-0.4, -0.2) is 35.8 Å². The molecule has 0 spiro atoms. The lowest BCUT2D eigenvalue weighted by atomic mass is 10.0. The van der Waals surface area contributed by atoms with E-state index in [1.165, 1.54) is 16.7 Å². The van der Waals surface area contributed by atoms with Crippen LogP contribution in [0.5, 0.6) is 11.6 Å². The Labute approximate surface area is 153 Å². The number of nitrogens with zero attached hydrogens (tertiary/aromatic N) is 2. The number of hydrogen-bond donors (Lipinski definition) is 2. The molecule has 6 heteroatoms. The van der Waals surface area contributed by atoms with Crippen LogP contribution in [-0.2, 0) is 17.6 Å². The molecule has 0 saturated carbocycles. The third-order valence-electron chi connectivity index (χ3n) is 4.57. The Morgan fingerprint density at radius 1 is 1.31 bits per heavy atom. The Morgan fingerprint density at radius 3 is 2.88 bits per heavy atom. The van der Waals surface area contributed by atoms with E-state index in [9.17, 15) is 5.21 Å². The van der Waals surface area contributed by atoms with Crippen molar-refractivity contribution in [2.75, 3.05) is 13.7 Å². The fourth-order valence-electron chi connectivity index (χ4n) is 3.36. The average Bonchev–Trinajstić information content (AvgIpc) is 3.14. The maximum absolute atomic E-state index is 9.57. The van der Waals surface area contributed by atoms with Crippen molar-refractivity contribution in [3.05, 3.63) is 52.7 Å². The Kier molecular flexibility index (Phi) is 5.85. The standard InChI is InChI=1S/C20H25N3O3/c1-13-9-10-18(16-7-4-6-15(13)16)26-20-17(8-5-11-21-20)19(23-24)22-14(2)12-25-3/h5,8-11,14,24H,4,6-7,12H2,1-3H3,(H,22,23). The zero-order valence-electron chi connectivity index (χ0n) is 15.5. The molecular weight excluding hydrogens is 330 g/mol. The summed E-state index contributed by atoms with van der Waals surface area (Å²) in [6.45, 7) is 4.50. The molecule has 1 aliphatic rings. The molecule has 0 radical (unpaired) electrons. The minimum Gasteiger partial charge on any atom is -0.438 e. The molecule has 0 bridgehead atoms. The third-order valence-corrected chi connectivity index (χ3v) is 4.57. The Bertz CT molecular complexity index is 805. The Balaban J connectivity index is 1.94. The number of aryl methyl sites for hydroxylation is 1. The molecule has 2 N–H and O–H groups in total. The highest BCUT2D eigenvalue weighted by Crippen LogP contribution is 2.35. The van der Waals surface area contributed by atoms with Crippen LogP contribution < -0.4 is 10.2 Å². The molecule has 1 unspecified atom stereocenters. The van der Waals surface area contributed by atoms with Crippen molar-refractivity contribution >= 4 is 5.84 Å². The number of amidine groups is 1. The first-order valence-electron chi connectivity index (χ1n) is 8.85. The summed E-state index contributed by atoms with van der Waals surface area (Å²) in [5.74, 6) is 1.54. The second-order valence-corrected chi connectivity index (χ2v) is 6.54. The van der Waals surface area contributed by atoms with Gasteiger partial charge in [0.15, 0.2) is 5.84 Å². The van der Waals surface area contributed by atoms with Crippen molar-refractivity contribution in [2.45, 2.75) is 39.2 Å². The summed E-state index contributed by atoms with van der Waals surface area (Å²) < 4.78 is 11.3. The van der Waals surface area contributed by atoms with Crippen LogP contribution in [0.3, 0.4) is 0 Å². The predicted molar refractivity (Wildman–Crippen MR) is 100 cm³/mol. The molecule has 1 aromatic carbocycles. The van der Waals surface area contributed by atoms with E-state index in [1.807, 2.05) is 19.1 Å². The van der Waals surface area contributed by atoms with E-state index in [1.54, 1.807) is 19.4 Å². The van der Waals surface area contributed by atoms with Gasteiger partial charge in [0.2, 0.25) is 5.88 Å². The molecule has 138 valence electrons. The minimum absolute atomic E-state index is 0.119. The summed E-state index contributed by atoms with van der Waals surface area (Å²) in [4.78, 5) is 8.81. The smallest absolute Gasteiger partial charge is 0.230 e. The number of pyridine rings is 1. The monoisotopic (exact) mass is 355 g/mol. The van der Waals surface area contributed by atoms with Crippen LogP contribution in [0.1, 0.15) is 35.6 Å². The highest BCUT2D eigenvalue weighted by atomic mass is 16.5.